The molecule has 212 valence electrons. The summed E-state index contributed by atoms with van der Waals surface area (Å²) in [6.07, 6.45) is 0. The summed E-state index contributed by atoms with van der Waals surface area (Å²) < 4.78 is 255. The predicted molar refractivity (Wildman–Crippen MR) is 199 cm³/mol. The first-order valence-corrected chi connectivity index (χ1v) is 13.8. The molecule has 0 nitrogen and oxygen atoms in total. The fourth-order valence-corrected chi connectivity index (χ4v) is 6.09. The van der Waals surface area contributed by atoms with Crippen molar-refractivity contribution >= 4 is 64.6 Å². The average Bonchev–Trinajstić information content (AvgIpc) is 3.36. The van der Waals surface area contributed by atoms with E-state index in [0.717, 1.165) is 0 Å². The van der Waals surface area contributed by atoms with Gasteiger partial charge in [-0.3, -0.25) is 0 Å². The second kappa shape index (κ2) is 9.76. The van der Waals surface area contributed by atoms with E-state index in [0.29, 0.717) is 0 Å². The van der Waals surface area contributed by atoms with Gasteiger partial charge in [-0.1, -0.05) is 169 Å². The Morgan fingerprint density at radius 3 is 1.43 bits per heavy atom. The third-order valence-electron chi connectivity index (χ3n) is 7.94. The molecule has 46 heavy (non-hydrogen) atoms. The maximum atomic E-state index is 9.87. The molecule has 0 heteroatoms. The first-order chi connectivity index (χ1) is 34.5. The molecule has 0 aliphatic heterocycles. The van der Waals surface area contributed by atoms with Crippen molar-refractivity contribution in [3.8, 4) is 33.4 Å². The van der Waals surface area contributed by atoms with E-state index in [9.17, 15) is 17.8 Å². The molecule has 10 aromatic rings. The van der Waals surface area contributed by atoms with Crippen LogP contribution in [0.1, 0.15) is 38.4 Å². The first-order valence-electron chi connectivity index (χ1n) is 27.8. The third kappa shape index (κ3) is 3.56. The molecular weight excluding hydrogens is 553 g/mol. The van der Waals surface area contributed by atoms with Gasteiger partial charge in [0.2, 0.25) is 0 Å². The molecule has 0 aromatic heterocycles. The highest BCUT2D eigenvalue weighted by Crippen LogP contribution is 2.49. The fraction of sp³-hybridized carbons (Fsp3) is 0. The Labute approximate surface area is 306 Å². The Balaban J connectivity index is 1.64. The van der Waals surface area contributed by atoms with Gasteiger partial charge in [0, 0.05) is 0 Å². The van der Waals surface area contributed by atoms with E-state index in [2.05, 4.69) is 0 Å². The molecule has 0 radical (unpaired) electrons. The molecule has 0 N–H and O–H groups in total. The van der Waals surface area contributed by atoms with Crippen LogP contribution < -0.4 is 0 Å². The molecule has 0 aliphatic rings. The van der Waals surface area contributed by atoms with Gasteiger partial charge in [-0.25, -0.2) is 0 Å². The normalized spacial score (nSPS) is 20.4. The van der Waals surface area contributed by atoms with Gasteiger partial charge in [0.25, 0.3) is 0 Å². The topological polar surface area (TPSA) is 0 Å². The zero-order valence-corrected chi connectivity index (χ0v) is 23.0. The Morgan fingerprint density at radius 1 is 0.261 bits per heavy atom. The van der Waals surface area contributed by atoms with Crippen molar-refractivity contribution in [1.29, 1.82) is 0 Å². The number of fused-ring (bicyclic) bond motifs is 4. The highest BCUT2D eigenvalue weighted by atomic mass is 14.2. The Morgan fingerprint density at radius 2 is 0.739 bits per heavy atom. The van der Waals surface area contributed by atoms with Gasteiger partial charge >= 0.3 is 0 Å². The summed E-state index contributed by atoms with van der Waals surface area (Å²) in [5, 5.41) is -7.56. The van der Waals surface area contributed by atoms with Crippen LogP contribution in [0.25, 0.3) is 98.0 Å². The second-order valence-corrected chi connectivity index (χ2v) is 10.2. The lowest BCUT2D eigenvalue weighted by molar-refractivity contribution is 1.66. The van der Waals surface area contributed by atoms with Crippen LogP contribution in [0.15, 0.2) is 169 Å². The summed E-state index contributed by atoms with van der Waals surface area (Å²) in [5.74, 6) is 0. The second-order valence-electron chi connectivity index (χ2n) is 10.2. The van der Waals surface area contributed by atoms with Crippen LogP contribution in [0, 0.1) is 0 Å². The minimum atomic E-state index is -1.02. The molecule has 0 amide bonds. The van der Waals surface area contributed by atoms with Crippen LogP contribution in [-0.2, 0) is 0 Å². The summed E-state index contributed by atoms with van der Waals surface area (Å²) in [6, 6.07) is -26.2. The Bertz CT molecular complexity index is 4330. The quantitative estimate of drug-likeness (QED) is 0.138. The maximum Gasteiger partial charge on any atom is 0.0630 e. The van der Waals surface area contributed by atoms with E-state index in [1.807, 2.05) is 0 Å². The fourth-order valence-electron chi connectivity index (χ4n) is 6.09. The summed E-state index contributed by atoms with van der Waals surface area (Å²) in [5.41, 5.74) is -4.33. The highest BCUT2D eigenvalue weighted by Gasteiger charge is 2.21. The molecule has 0 bridgehead atoms. The molecule has 0 saturated carbocycles. The van der Waals surface area contributed by atoms with Gasteiger partial charge in [-0.15, -0.1) is 0 Å². The largest absolute Gasteiger partial charge is 0.0630 e. The zero-order chi connectivity index (χ0) is 54.6. The lowest BCUT2D eigenvalue weighted by Gasteiger charge is -2.21. The molecule has 0 fully saturated rings. The zero-order valence-electron chi connectivity index (χ0n) is 51.0. The standard InChI is InChI=1S/C46H28/c1-3-11-29(12-4-1)34-24-20-32-22-26-39-40(27-23-33-21-25-38(34)43(32)44(33)39)46-37-18-10-9-17-36(37)42(31-14-5-2-6-15-31)41-28-19-30-13-7-8-16-35(30)45(41)46/h1-28H/i1D,2D,3D,4D,5D,6D,7D,8D,9D,10D,11D,12D,13D,14D,15D,16D,17D,18D,19D,20D,21D,22D,23D,24D,25D,26D,27D,28D. The average molecular weight is 609 g/mol. The SMILES string of the molecule is [2H]c1c([2H])c([2H])c(-c2c3c([2H])c([2H])c([2H])c([2H])c3c(-c3c([2H])c([2H])c4c([2H])c([2H])c5c(-c6c([2H])c([2H])c([2H])c([2H])c6[2H])c([2H])c([2H])c6c([2H])c([2H])c3c4c65)c3c2c([2H])c([2H])c2c([2H])c([2H])c([2H])c([2H])c23)c([2H])c1[2H]. The van der Waals surface area contributed by atoms with Crippen LogP contribution in [0.3, 0.4) is 0 Å². The minimum Gasteiger partial charge on any atom is -0.0622 e. The summed E-state index contributed by atoms with van der Waals surface area (Å²) in [7, 11) is 0. The van der Waals surface area contributed by atoms with E-state index in [1.165, 1.54) is 0 Å². The minimum absolute atomic E-state index is 0.456. The number of hydrogen-bond acceptors (Lipinski definition) is 0. The van der Waals surface area contributed by atoms with Gasteiger partial charge in [0.1, 0.15) is 0 Å². The maximum absolute atomic E-state index is 9.87. The van der Waals surface area contributed by atoms with Crippen molar-refractivity contribution in [2.45, 2.75) is 0 Å². The lowest BCUT2D eigenvalue weighted by Crippen LogP contribution is -1.94. The van der Waals surface area contributed by atoms with Crippen molar-refractivity contribution in [2.24, 2.45) is 0 Å². The van der Waals surface area contributed by atoms with Crippen molar-refractivity contribution < 1.29 is 38.4 Å². The van der Waals surface area contributed by atoms with Crippen LogP contribution in [0.5, 0.6) is 0 Å². The molecule has 0 heterocycles. The lowest BCUT2D eigenvalue weighted by atomic mass is 9.81. The summed E-state index contributed by atoms with van der Waals surface area (Å²) >= 11 is 0. The van der Waals surface area contributed by atoms with E-state index >= 15 is 0 Å². The molecule has 10 rings (SSSR count). The molecule has 0 aliphatic carbocycles. The van der Waals surface area contributed by atoms with Crippen molar-refractivity contribution in [3.63, 3.8) is 0 Å². The molecule has 10 aromatic carbocycles. The van der Waals surface area contributed by atoms with Crippen molar-refractivity contribution in [2.75, 3.05) is 0 Å². The van der Waals surface area contributed by atoms with Gasteiger partial charge in [-0.05, 0) is 98.0 Å². The van der Waals surface area contributed by atoms with E-state index in [4.69, 9.17) is 20.6 Å². The summed E-state index contributed by atoms with van der Waals surface area (Å²) in [4.78, 5) is 0. The molecular formula is C46H28. The molecule has 0 unspecified atom stereocenters. The number of benzene rings is 10. The van der Waals surface area contributed by atoms with E-state index in [1.54, 1.807) is 0 Å². The van der Waals surface area contributed by atoms with Gasteiger partial charge < -0.3 is 0 Å². The van der Waals surface area contributed by atoms with Crippen molar-refractivity contribution in [1.82, 2.24) is 0 Å². The van der Waals surface area contributed by atoms with Crippen LogP contribution in [0.2, 0.25) is 0 Å². The molecule has 0 saturated heterocycles. The Kier molecular flexibility index (Phi) is 2.18. The monoisotopic (exact) mass is 608 g/mol. The first kappa shape index (κ1) is 10.3. The predicted octanol–water partition coefficient (Wildman–Crippen LogP) is 13.0. The number of rotatable bonds is 3. The van der Waals surface area contributed by atoms with Crippen LogP contribution >= 0.6 is 0 Å². The van der Waals surface area contributed by atoms with Gasteiger partial charge in [-0.2, -0.15) is 0 Å². The summed E-state index contributed by atoms with van der Waals surface area (Å²) in [6.45, 7) is 0. The van der Waals surface area contributed by atoms with Crippen LogP contribution in [-0.4, -0.2) is 0 Å². The molecule has 0 atom stereocenters. The number of hydrogen-bond donors (Lipinski definition) is 0. The Hall–Kier alpha value is -5.98. The van der Waals surface area contributed by atoms with E-state index in [-0.39, 0.29) is 0 Å². The van der Waals surface area contributed by atoms with Gasteiger partial charge in [0.15, 0.2) is 0 Å². The third-order valence-corrected chi connectivity index (χ3v) is 7.94. The highest BCUT2D eigenvalue weighted by molar-refractivity contribution is 6.33. The van der Waals surface area contributed by atoms with E-state index < -0.39 is 267 Å². The van der Waals surface area contributed by atoms with Gasteiger partial charge in [0.05, 0.1) is 38.4 Å². The van der Waals surface area contributed by atoms with Crippen molar-refractivity contribution in [3.05, 3.63) is 169 Å². The van der Waals surface area contributed by atoms with Crippen LogP contribution in [0.4, 0.5) is 0 Å². The smallest absolute Gasteiger partial charge is 0.0622 e. The molecule has 0 spiro atoms.